The van der Waals surface area contributed by atoms with Gasteiger partial charge in [-0.15, -0.1) is 0 Å². The van der Waals surface area contributed by atoms with Crippen LogP contribution >= 0.6 is 0 Å². The Balaban J connectivity index is 2.18. The van der Waals surface area contributed by atoms with Crippen molar-refractivity contribution in [2.24, 2.45) is 0 Å². The van der Waals surface area contributed by atoms with Crippen LogP contribution < -0.4 is 0 Å². The van der Waals surface area contributed by atoms with Gasteiger partial charge in [0.15, 0.2) is 0 Å². The monoisotopic (exact) mass is 232 g/mol. The maximum atomic E-state index is 11.1. The Hall–Kier alpha value is -1.77. The maximum Gasteiger partial charge on any atom is 0.305 e. The highest BCUT2D eigenvalue weighted by Gasteiger charge is 2.16. The van der Waals surface area contributed by atoms with E-state index in [2.05, 4.69) is 10.8 Å². The fourth-order valence-electron chi connectivity index (χ4n) is 2.21. The summed E-state index contributed by atoms with van der Waals surface area (Å²) in [5.41, 5.74) is 3.20. The van der Waals surface area contributed by atoms with Gasteiger partial charge in [0.05, 0.1) is 7.11 Å². The number of ether oxygens (including phenoxy) is 1. The standard InChI is InChI=1S/C14H16O3/c1-17-14(16)9-8-10-4-2-6-12-11(10)5-3-7-13(12)15/h3-5,7,15H,2,6,8-9H2,1H3. The zero-order valence-corrected chi connectivity index (χ0v) is 9.90. The highest BCUT2D eigenvalue weighted by atomic mass is 16.5. The van der Waals surface area contributed by atoms with Gasteiger partial charge < -0.3 is 9.84 Å². The highest BCUT2D eigenvalue weighted by Crippen LogP contribution is 2.34. The number of esters is 1. The number of phenolic OH excluding ortho intramolecular Hbond substituents is 1. The minimum absolute atomic E-state index is 0.196. The lowest BCUT2D eigenvalue weighted by Gasteiger charge is -2.18. The number of allylic oxidation sites excluding steroid dienone is 2. The Morgan fingerprint density at radius 1 is 1.47 bits per heavy atom. The summed E-state index contributed by atoms with van der Waals surface area (Å²) in [5.74, 6) is 0.157. The molecule has 0 unspecified atom stereocenters. The zero-order valence-electron chi connectivity index (χ0n) is 9.90. The number of hydrogen-bond donors (Lipinski definition) is 1. The van der Waals surface area contributed by atoms with Gasteiger partial charge in [-0.05, 0) is 36.5 Å². The molecular weight excluding hydrogens is 216 g/mol. The first-order valence-corrected chi connectivity index (χ1v) is 5.79. The van der Waals surface area contributed by atoms with Crippen LogP contribution in [0.4, 0.5) is 0 Å². The molecule has 0 aliphatic heterocycles. The second-order valence-electron chi connectivity index (χ2n) is 4.15. The van der Waals surface area contributed by atoms with Crippen LogP contribution in [0.25, 0.3) is 5.57 Å². The van der Waals surface area contributed by atoms with Crippen molar-refractivity contribution in [3.8, 4) is 5.75 Å². The zero-order chi connectivity index (χ0) is 12.3. The van der Waals surface area contributed by atoms with E-state index < -0.39 is 0 Å². The molecule has 0 aromatic heterocycles. The van der Waals surface area contributed by atoms with E-state index in [9.17, 15) is 9.90 Å². The molecule has 0 amide bonds. The van der Waals surface area contributed by atoms with E-state index in [-0.39, 0.29) is 5.97 Å². The molecule has 0 spiro atoms. The molecule has 0 bridgehead atoms. The molecule has 3 nitrogen and oxygen atoms in total. The first-order chi connectivity index (χ1) is 8.22. The van der Waals surface area contributed by atoms with Crippen LogP contribution in [0, 0.1) is 0 Å². The third-order valence-corrected chi connectivity index (χ3v) is 3.11. The molecule has 0 fully saturated rings. The number of aromatic hydroxyl groups is 1. The molecule has 1 aromatic carbocycles. The van der Waals surface area contributed by atoms with Crippen molar-refractivity contribution in [1.82, 2.24) is 0 Å². The van der Waals surface area contributed by atoms with Crippen LogP contribution in [0.15, 0.2) is 24.3 Å². The van der Waals surface area contributed by atoms with Gasteiger partial charge in [0.2, 0.25) is 0 Å². The van der Waals surface area contributed by atoms with Crippen molar-refractivity contribution in [2.45, 2.75) is 25.7 Å². The number of rotatable bonds is 3. The fraction of sp³-hybridized carbons (Fsp3) is 0.357. The first-order valence-electron chi connectivity index (χ1n) is 5.79. The number of phenols is 1. The van der Waals surface area contributed by atoms with E-state index in [1.807, 2.05) is 12.1 Å². The molecule has 0 radical (unpaired) electrons. The minimum atomic E-state index is -0.196. The van der Waals surface area contributed by atoms with E-state index in [1.54, 1.807) is 6.07 Å². The van der Waals surface area contributed by atoms with Crippen molar-refractivity contribution >= 4 is 11.5 Å². The van der Waals surface area contributed by atoms with Gasteiger partial charge in [-0.1, -0.05) is 18.2 Å². The minimum Gasteiger partial charge on any atom is -0.508 e. The van der Waals surface area contributed by atoms with Crippen LogP contribution in [0.3, 0.4) is 0 Å². The molecule has 1 aliphatic carbocycles. The Bertz CT molecular complexity index is 461. The summed E-state index contributed by atoms with van der Waals surface area (Å²) in [7, 11) is 1.40. The molecule has 2 rings (SSSR count). The molecule has 1 aliphatic rings. The molecule has 0 heterocycles. The first kappa shape index (κ1) is 11.7. The molecule has 0 saturated heterocycles. The van der Waals surface area contributed by atoms with Crippen molar-refractivity contribution in [2.75, 3.05) is 7.11 Å². The number of fused-ring (bicyclic) bond motifs is 1. The molecule has 0 saturated carbocycles. The molecule has 1 aromatic rings. The third-order valence-electron chi connectivity index (χ3n) is 3.11. The second-order valence-corrected chi connectivity index (χ2v) is 4.15. The smallest absolute Gasteiger partial charge is 0.305 e. The van der Waals surface area contributed by atoms with E-state index >= 15 is 0 Å². The Morgan fingerprint density at radius 3 is 3.06 bits per heavy atom. The SMILES string of the molecule is COC(=O)CCC1=CCCc2c(O)cccc21. The van der Waals surface area contributed by atoms with Gasteiger partial charge in [0.1, 0.15) is 5.75 Å². The van der Waals surface area contributed by atoms with Gasteiger partial charge >= 0.3 is 5.97 Å². The average Bonchev–Trinajstić information content (AvgIpc) is 2.36. The van der Waals surface area contributed by atoms with Gasteiger partial charge in [0.25, 0.3) is 0 Å². The Kier molecular flexibility index (Phi) is 3.47. The number of benzene rings is 1. The van der Waals surface area contributed by atoms with Gasteiger partial charge in [-0.3, -0.25) is 4.79 Å². The molecule has 3 heteroatoms. The van der Waals surface area contributed by atoms with Crippen molar-refractivity contribution in [3.05, 3.63) is 35.4 Å². The van der Waals surface area contributed by atoms with Crippen LogP contribution in [-0.2, 0) is 16.0 Å². The van der Waals surface area contributed by atoms with Crippen LogP contribution in [0.1, 0.15) is 30.4 Å². The normalized spacial score (nSPS) is 13.8. The molecule has 1 N–H and O–H groups in total. The van der Waals surface area contributed by atoms with E-state index in [0.717, 1.165) is 29.5 Å². The third kappa shape index (κ3) is 2.49. The predicted molar refractivity (Wildman–Crippen MR) is 65.7 cm³/mol. The van der Waals surface area contributed by atoms with Crippen molar-refractivity contribution < 1.29 is 14.6 Å². The van der Waals surface area contributed by atoms with Crippen molar-refractivity contribution in [1.29, 1.82) is 0 Å². The van der Waals surface area contributed by atoms with Gasteiger partial charge in [-0.25, -0.2) is 0 Å². The molecule has 17 heavy (non-hydrogen) atoms. The van der Waals surface area contributed by atoms with E-state index in [4.69, 9.17) is 0 Å². The number of carbonyl (C=O) groups is 1. The van der Waals surface area contributed by atoms with Gasteiger partial charge in [-0.2, -0.15) is 0 Å². The van der Waals surface area contributed by atoms with Crippen LogP contribution in [-0.4, -0.2) is 18.2 Å². The summed E-state index contributed by atoms with van der Waals surface area (Å²) < 4.78 is 4.64. The van der Waals surface area contributed by atoms with E-state index in [0.29, 0.717) is 18.6 Å². The lowest BCUT2D eigenvalue weighted by Crippen LogP contribution is -2.04. The molecule has 0 atom stereocenters. The summed E-state index contributed by atoms with van der Waals surface area (Å²) >= 11 is 0. The lowest BCUT2D eigenvalue weighted by molar-refractivity contribution is -0.140. The Morgan fingerprint density at radius 2 is 2.29 bits per heavy atom. The predicted octanol–water partition coefficient (Wildman–Crippen LogP) is 2.68. The summed E-state index contributed by atoms with van der Waals surface area (Å²) in [6.07, 6.45) is 4.98. The number of carbonyl (C=O) groups excluding carboxylic acids is 1. The highest BCUT2D eigenvalue weighted by molar-refractivity contribution is 5.76. The van der Waals surface area contributed by atoms with Gasteiger partial charge in [0, 0.05) is 12.0 Å². The van der Waals surface area contributed by atoms with Crippen LogP contribution in [0.2, 0.25) is 0 Å². The summed E-state index contributed by atoms with van der Waals surface area (Å²) in [6.45, 7) is 0. The summed E-state index contributed by atoms with van der Waals surface area (Å²) in [6, 6.07) is 5.55. The summed E-state index contributed by atoms with van der Waals surface area (Å²) in [4.78, 5) is 11.1. The summed E-state index contributed by atoms with van der Waals surface area (Å²) in [5, 5.41) is 9.78. The van der Waals surface area contributed by atoms with Crippen LogP contribution in [0.5, 0.6) is 5.75 Å². The van der Waals surface area contributed by atoms with E-state index in [1.165, 1.54) is 7.11 Å². The largest absolute Gasteiger partial charge is 0.508 e. The Labute approximate surface area is 101 Å². The topological polar surface area (TPSA) is 46.5 Å². The number of methoxy groups -OCH3 is 1. The quantitative estimate of drug-likeness (QED) is 0.815. The number of hydrogen-bond acceptors (Lipinski definition) is 3. The maximum absolute atomic E-state index is 11.1. The lowest BCUT2D eigenvalue weighted by atomic mass is 9.88. The molecule has 90 valence electrons. The second kappa shape index (κ2) is 5.04. The average molecular weight is 232 g/mol. The molecular formula is C14H16O3. The fourth-order valence-corrected chi connectivity index (χ4v) is 2.21. The van der Waals surface area contributed by atoms with Crippen molar-refractivity contribution in [3.63, 3.8) is 0 Å².